The fraction of sp³-hybridized carbons (Fsp3) is 0.435. The van der Waals surface area contributed by atoms with E-state index >= 15 is 0 Å². The average molecular weight is 865 g/mol. The molecule has 0 unspecified atom stereocenters. The quantitative estimate of drug-likeness (QED) is 0.0659. The smallest absolute Gasteiger partial charge is 0.437 e. The van der Waals surface area contributed by atoms with Gasteiger partial charge in [-0.25, -0.2) is 14.0 Å². The molecule has 3 heterocycles. The van der Waals surface area contributed by atoms with Crippen molar-refractivity contribution < 1.29 is 28.4 Å². The molecule has 0 saturated heterocycles. The summed E-state index contributed by atoms with van der Waals surface area (Å²) in [6, 6.07) is 26.8. The Morgan fingerprint density at radius 2 is 1.30 bits per heavy atom. The van der Waals surface area contributed by atoms with Gasteiger partial charge in [0.1, 0.15) is 17.0 Å². The van der Waals surface area contributed by atoms with Crippen LogP contribution in [0.15, 0.2) is 89.9 Å². The number of pyridine rings is 2. The predicted octanol–water partition coefficient (Wildman–Crippen LogP) is 7.58. The molecule has 0 saturated carbocycles. The van der Waals surface area contributed by atoms with Crippen molar-refractivity contribution in [2.24, 2.45) is 4.99 Å². The van der Waals surface area contributed by atoms with Crippen molar-refractivity contribution in [2.45, 2.75) is 98.4 Å². The number of hydrogen-bond donors (Lipinski definition) is 1. The van der Waals surface area contributed by atoms with E-state index in [0.717, 1.165) is 28.3 Å². The van der Waals surface area contributed by atoms with Crippen molar-refractivity contribution in [3.63, 3.8) is 0 Å². The first-order valence-electron chi connectivity index (χ1n) is 20.9. The molecule has 0 atom stereocenters. The molecule has 4 bridgehead atoms. The molecular weight excluding hydrogens is 808 g/mol. The number of non-ortho nitro benzene ring substituents is 1. The molecule has 2 aromatic heterocycles. The standard InChI is InChI=1S/C46H57FN10O6/c1-45(2,3)62-43(58)51-42(52-44(59)63-46(4,5)6)56-22-11-21-53(23-20-48)30-37-15-9-17-39(49-37)32-55(29-34-12-7-14-36(47)26-34)33-40-18-10-16-38(50-40)31-54(24-25-56)28-35-13-8-19-41(27-35)57(60)61/h7-10,12-19,26-27H,11,21-25,28-33H2,1-6H3,(H,51,52,58,59). The number of alkyl carbamates (subject to hydrolysis) is 1. The lowest BCUT2D eigenvalue weighted by molar-refractivity contribution is -0.384. The molecule has 0 aliphatic carbocycles. The van der Waals surface area contributed by atoms with Crippen LogP contribution in [0.3, 0.4) is 0 Å². The van der Waals surface area contributed by atoms with E-state index in [2.05, 4.69) is 26.2 Å². The molecule has 334 valence electrons. The molecule has 5 rings (SSSR count). The Morgan fingerprint density at radius 3 is 1.87 bits per heavy atom. The minimum Gasteiger partial charge on any atom is -0.444 e. The lowest BCUT2D eigenvalue weighted by Crippen LogP contribution is -2.49. The van der Waals surface area contributed by atoms with Crippen molar-refractivity contribution >= 4 is 23.8 Å². The number of aliphatic imine (C=N–C) groups is 1. The highest BCUT2D eigenvalue weighted by Gasteiger charge is 2.25. The van der Waals surface area contributed by atoms with Crippen LogP contribution in [0.25, 0.3) is 0 Å². The Morgan fingerprint density at radius 1 is 0.762 bits per heavy atom. The second-order valence-corrected chi connectivity index (χ2v) is 17.4. The number of amides is 2. The van der Waals surface area contributed by atoms with Crippen molar-refractivity contribution in [1.82, 2.24) is 34.9 Å². The lowest BCUT2D eigenvalue weighted by atomic mass is 10.1. The molecule has 63 heavy (non-hydrogen) atoms. The van der Waals surface area contributed by atoms with Crippen LogP contribution < -0.4 is 5.32 Å². The number of nitro groups is 1. The van der Waals surface area contributed by atoms with Gasteiger partial charge in [-0.3, -0.25) is 40.1 Å². The van der Waals surface area contributed by atoms with E-state index in [1.807, 2.05) is 53.4 Å². The van der Waals surface area contributed by atoms with Gasteiger partial charge >= 0.3 is 12.2 Å². The number of benzene rings is 2. The number of aromatic nitrogens is 2. The summed E-state index contributed by atoms with van der Waals surface area (Å²) < 4.78 is 25.5. The second-order valence-electron chi connectivity index (χ2n) is 17.4. The Kier molecular flexibility index (Phi) is 16.8. The van der Waals surface area contributed by atoms with Crippen LogP contribution in [0.2, 0.25) is 0 Å². The first-order chi connectivity index (χ1) is 29.9. The molecule has 4 aromatic rings. The number of carbonyl (C=O) groups is 2. The minimum atomic E-state index is -0.915. The molecule has 17 heteroatoms. The monoisotopic (exact) mass is 864 g/mol. The predicted molar refractivity (Wildman–Crippen MR) is 235 cm³/mol. The van der Waals surface area contributed by atoms with Crippen molar-refractivity contribution in [1.29, 1.82) is 5.26 Å². The number of ether oxygens (including phenoxy) is 2. The lowest BCUT2D eigenvalue weighted by Gasteiger charge is -2.31. The Labute approximate surface area is 368 Å². The van der Waals surface area contributed by atoms with Gasteiger partial charge in [0.05, 0.1) is 40.3 Å². The van der Waals surface area contributed by atoms with E-state index in [9.17, 15) is 29.4 Å². The summed E-state index contributed by atoms with van der Waals surface area (Å²) in [7, 11) is 0. The van der Waals surface area contributed by atoms with Crippen LogP contribution in [0.4, 0.5) is 19.7 Å². The Hall–Kier alpha value is -6.35. The fourth-order valence-corrected chi connectivity index (χ4v) is 6.96. The number of hydrogen-bond acceptors (Lipinski definition) is 12. The summed E-state index contributed by atoms with van der Waals surface area (Å²) in [4.78, 5) is 60.2. The van der Waals surface area contributed by atoms with E-state index in [1.54, 1.807) is 58.6 Å². The average Bonchev–Trinajstić information content (AvgIpc) is 3.17. The number of nitriles is 1. The molecule has 0 spiro atoms. The number of nitrogens with zero attached hydrogens (tertiary/aromatic N) is 9. The number of rotatable bonds is 6. The summed E-state index contributed by atoms with van der Waals surface area (Å²) in [5, 5.41) is 24.3. The number of halogens is 1. The molecule has 0 fully saturated rings. The number of nitrogens with one attached hydrogen (secondary N) is 1. The van der Waals surface area contributed by atoms with Gasteiger partial charge in [-0.1, -0.05) is 36.4 Å². The first-order valence-corrected chi connectivity index (χ1v) is 20.9. The van der Waals surface area contributed by atoms with Gasteiger partial charge in [0.25, 0.3) is 5.69 Å². The third kappa shape index (κ3) is 16.8. The van der Waals surface area contributed by atoms with Crippen molar-refractivity contribution in [3.8, 4) is 6.07 Å². The summed E-state index contributed by atoms with van der Waals surface area (Å²) in [5.41, 5.74) is 2.77. The van der Waals surface area contributed by atoms with Gasteiger partial charge in [-0.15, -0.1) is 4.99 Å². The van der Waals surface area contributed by atoms with Crippen LogP contribution in [-0.4, -0.2) is 96.6 Å². The molecular formula is C46H57FN10O6. The Bertz CT molecular complexity index is 2270. The fourth-order valence-electron chi connectivity index (χ4n) is 6.96. The molecule has 2 amide bonds. The van der Waals surface area contributed by atoms with Gasteiger partial charge in [0.2, 0.25) is 5.96 Å². The van der Waals surface area contributed by atoms with Gasteiger partial charge < -0.3 is 14.4 Å². The summed E-state index contributed by atoms with van der Waals surface area (Å²) in [6.07, 6.45) is -1.26. The van der Waals surface area contributed by atoms with Crippen molar-refractivity contribution in [3.05, 3.63) is 135 Å². The zero-order valence-electron chi connectivity index (χ0n) is 36.9. The number of fused-ring (bicyclic) bond motifs is 4. The highest BCUT2D eigenvalue weighted by Crippen LogP contribution is 2.19. The van der Waals surface area contributed by atoms with Crippen LogP contribution in [0.5, 0.6) is 0 Å². The molecule has 1 N–H and O–H groups in total. The summed E-state index contributed by atoms with van der Waals surface area (Å²) in [5.74, 6) is -0.409. The largest absolute Gasteiger partial charge is 0.444 e. The highest BCUT2D eigenvalue weighted by molar-refractivity contribution is 5.99. The molecule has 2 aromatic carbocycles. The molecule has 16 nitrogen and oxygen atoms in total. The third-order valence-corrected chi connectivity index (χ3v) is 9.48. The van der Waals surface area contributed by atoms with Crippen LogP contribution in [-0.2, 0) is 48.7 Å². The summed E-state index contributed by atoms with van der Waals surface area (Å²) in [6.45, 7) is 14.0. The van der Waals surface area contributed by atoms with Gasteiger partial charge in [-0.2, -0.15) is 5.26 Å². The third-order valence-electron chi connectivity index (χ3n) is 9.48. The van der Waals surface area contributed by atoms with Gasteiger partial charge in [0, 0.05) is 77.6 Å². The molecule has 1 aliphatic rings. The molecule has 0 radical (unpaired) electrons. The zero-order chi connectivity index (χ0) is 45.6. The van der Waals surface area contributed by atoms with E-state index in [0.29, 0.717) is 64.3 Å². The van der Waals surface area contributed by atoms with Crippen LogP contribution in [0, 0.1) is 27.3 Å². The maximum absolute atomic E-state index is 14.4. The minimum absolute atomic E-state index is 0.0417. The topological polar surface area (TPSA) is 183 Å². The summed E-state index contributed by atoms with van der Waals surface area (Å²) >= 11 is 0. The van der Waals surface area contributed by atoms with E-state index < -0.39 is 28.3 Å². The highest BCUT2D eigenvalue weighted by atomic mass is 19.1. The number of guanidine groups is 1. The normalized spacial score (nSPS) is 15.6. The SMILES string of the molecule is CC(C)(C)OC(=O)/N=C(/NC(=O)OC(C)(C)C)N1CCCN(CC#N)Cc2cccc(n2)CN(Cc2cccc(F)c2)Cc2cccc(n2)CN(Cc2cccc([N+](=O)[O-])c2)CC1. The van der Waals surface area contributed by atoms with E-state index in [4.69, 9.17) is 19.4 Å². The van der Waals surface area contributed by atoms with Crippen LogP contribution >= 0.6 is 0 Å². The molecule has 1 aliphatic heterocycles. The maximum Gasteiger partial charge on any atom is 0.437 e. The Balaban J connectivity index is 1.57. The first kappa shape index (κ1) is 47.7. The number of carbonyl (C=O) groups excluding carboxylic acids is 2. The van der Waals surface area contributed by atoms with Gasteiger partial charge in [0.15, 0.2) is 0 Å². The van der Waals surface area contributed by atoms with Crippen LogP contribution in [0.1, 0.15) is 81.9 Å². The van der Waals surface area contributed by atoms with Gasteiger partial charge in [-0.05, 0) is 95.5 Å². The zero-order valence-corrected chi connectivity index (χ0v) is 36.9. The van der Waals surface area contributed by atoms with Crippen molar-refractivity contribution in [2.75, 3.05) is 32.7 Å². The number of nitro benzene ring substituents is 1. The second kappa shape index (κ2) is 22.1. The van der Waals surface area contributed by atoms with E-state index in [-0.39, 0.29) is 37.1 Å². The maximum atomic E-state index is 14.4. The van der Waals surface area contributed by atoms with E-state index in [1.165, 1.54) is 24.3 Å².